The molecule has 5 heteroatoms. The maximum Gasteiger partial charge on any atom is 0.243 e. The molecule has 2 aromatic carbocycles. The van der Waals surface area contributed by atoms with E-state index < -0.39 is 6.04 Å². The number of amides is 2. The molecule has 1 aliphatic rings. The summed E-state index contributed by atoms with van der Waals surface area (Å²) in [6, 6.07) is 14.7. The Morgan fingerprint density at radius 2 is 1.88 bits per heavy atom. The number of methoxy groups -OCH3 is 1. The summed E-state index contributed by atoms with van der Waals surface area (Å²) < 4.78 is 5.30. The van der Waals surface area contributed by atoms with Crippen LogP contribution in [-0.4, -0.2) is 25.0 Å². The SMILES string of the molecule is COc1ccccc1CNC(=O)C1Cc2ccccc2N1C(C)=O. The van der Waals surface area contributed by atoms with E-state index in [2.05, 4.69) is 5.32 Å². The molecule has 0 bridgehead atoms. The Hall–Kier alpha value is -2.82. The van der Waals surface area contributed by atoms with Crippen molar-refractivity contribution in [2.24, 2.45) is 0 Å². The van der Waals surface area contributed by atoms with Gasteiger partial charge >= 0.3 is 0 Å². The van der Waals surface area contributed by atoms with E-state index in [0.717, 1.165) is 22.6 Å². The van der Waals surface area contributed by atoms with Crippen LogP contribution in [0.25, 0.3) is 0 Å². The standard InChI is InChI=1S/C19H20N2O3/c1-13(22)21-16-9-5-3-7-14(16)11-17(21)19(23)20-12-15-8-4-6-10-18(15)24-2/h3-10,17H,11-12H2,1-2H3,(H,20,23). The number of ether oxygens (including phenoxy) is 1. The molecule has 1 aliphatic heterocycles. The van der Waals surface area contributed by atoms with E-state index in [1.807, 2.05) is 48.5 Å². The maximum absolute atomic E-state index is 12.7. The maximum atomic E-state index is 12.7. The Kier molecular flexibility index (Phi) is 4.51. The van der Waals surface area contributed by atoms with Gasteiger partial charge in [0.25, 0.3) is 0 Å². The van der Waals surface area contributed by atoms with Crippen LogP contribution in [0.4, 0.5) is 5.69 Å². The van der Waals surface area contributed by atoms with Gasteiger partial charge in [0.1, 0.15) is 11.8 Å². The molecule has 0 aromatic heterocycles. The van der Waals surface area contributed by atoms with E-state index in [4.69, 9.17) is 4.74 Å². The van der Waals surface area contributed by atoms with Crippen molar-refractivity contribution < 1.29 is 14.3 Å². The van der Waals surface area contributed by atoms with Crippen LogP contribution in [0.2, 0.25) is 0 Å². The molecule has 1 atom stereocenters. The molecule has 1 N–H and O–H groups in total. The lowest BCUT2D eigenvalue weighted by atomic mass is 10.1. The van der Waals surface area contributed by atoms with Crippen LogP contribution in [0.1, 0.15) is 18.1 Å². The number of anilines is 1. The van der Waals surface area contributed by atoms with E-state index in [-0.39, 0.29) is 11.8 Å². The Morgan fingerprint density at radius 3 is 2.62 bits per heavy atom. The van der Waals surface area contributed by atoms with Crippen LogP contribution in [0.15, 0.2) is 48.5 Å². The smallest absolute Gasteiger partial charge is 0.243 e. The molecule has 0 saturated heterocycles. The number of benzene rings is 2. The molecule has 24 heavy (non-hydrogen) atoms. The van der Waals surface area contributed by atoms with E-state index in [9.17, 15) is 9.59 Å². The number of rotatable bonds is 4. The van der Waals surface area contributed by atoms with Gasteiger partial charge in [-0.1, -0.05) is 36.4 Å². The number of carbonyl (C=O) groups is 2. The summed E-state index contributed by atoms with van der Waals surface area (Å²) in [5.41, 5.74) is 2.74. The number of carbonyl (C=O) groups excluding carboxylic acids is 2. The fourth-order valence-corrected chi connectivity index (χ4v) is 3.13. The number of fused-ring (bicyclic) bond motifs is 1. The molecule has 3 rings (SSSR count). The highest BCUT2D eigenvalue weighted by molar-refractivity contribution is 6.02. The predicted molar refractivity (Wildman–Crippen MR) is 91.9 cm³/mol. The lowest BCUT2D eigenvalue weighted by Crippen LogP contribution is -2.47. The van der Waals surface area contributed by atoms with Crippen LogP contribution in [0.5, 0.6) is 5.75 Å². The fraction of sp³-hybridized carbons (Fsp3) is 0.263. The Balaban J connectivity index is 1.75. The number of hydrogen-bond acceptors (Lipinski definition) is 3. The number of para-hydroxylation sites is 2. The molecule has 0 radical (unpaired) electrons. The first-order chi connectivity index (χ1) is 11.6. The van der Waals surface area contributed by atoms with Crippen LogP contribution < -0.4 is 15.0 Å². The fourth-order valence-electron chi connectivity index (χ4n) is 3.13. The summed E-state index contributed by atoms with van der Waals surface area (Å²) >= 11 is 0. The van der Waals surface area contributed by atoms with Crippen molar-refractivity contribution in [3.63, 3.8) is 0 Å². The molecule has 0 saturated carbocycles. The monoisotopic (exact) mass is 324 g/mol. The van der Waals surface area contributed by atoms with Crippen molar-refractivity contribution in [2.75, 3.05) is 12.0 Å². The summed E-state index contributed by atoms with van der Waals surface area (Å²) in [5, 5.41) is 2.92. The minimum Gasteiger partial charge on any atom is -0.496 e. The molecule has 5 nitrogen and oxygen atoms in total. The highest BCUT2D eigenvalue weighted by Crippen LogP contribution is 2.32. The first-order valence-electron chi connectivity index (χ1n) is 7.89. The van der Waals surface area contributed by atoms with Gasteiger partial charge in [-0.25, -0.2) is 0 Å². The van der Waals surface area contributed by atoms with Crippen LogP contribution >= 0.6 is 0 Å². The van der Waals surface area contributed by atoms with Crippen molar-refractivity contribution in [2.45, 2.75) is 25.9 Å². The summed E-state index contributed by atoms with van der Waals surface area (Å²) in [4.78, 5) is 26.3. The van der Waals surface area contributed by atoms with Crippen LogP contribution in [-0.2, 0) is 22.6 Å². The average molecular weight is 324 g/mol. The summed E-state index contributed by atoms with van der Waals surface area (Å²) in [7, 11) is 1.60. The molecular formula is C19H20N2O3. The van der Waals surface area contributed by atoms with Crippen molar-refractivity contribution in [1.29, 1.82) is 0 Å². The first-order valence-corrected chi connectivity index (χ1v) is 7.89. The summed E-state index contributed by atoms with van der Waals surface area (Å²) in [5.74, 6) is 0.445. The van der Waals surface area contributed by atoms with Gasteiger partial charge in [0, 0.05) is 31.1 Å². The van der Waals surface area contributed by atoms with Gasteiger partial charge in [0.15, 0.2) is 0 Å². The largest absolute Gasteiger partial charge is 0.496 e. The van der Waals surface area contributed by atoms with Gasteiger partial charge in [0.2, 0.25) is 11.8 Å². The zero-order chi connectivity index (χ0) is 17.1. The number of nitrogens with one attached hydrogen (secondary N) is 1. The lowest BCUT2D eigenvalue weighted by molar-refractivity contribution is -0.125. The Labute approximate surface area is 141 Å². The normalized spacial score (nSPS) is 15.8. The third kappa shape index (κ3) is 2.97. The van der Waals surface area contributed by atoms with Gasteiger partial charge in [-0.2, -0.15) is 0 Å². The van der Waals surface area contributed by atoms with Gasteiger partial charge in [-0.3, -0.25) is 14.5 Å². The predicted octanol–water partition coefficient (Wildman–Crippen LogP) is 2.29. The molecule has 0 aliphatic carbocycles. The topological polar surface area (TPSA) is 58.6 Å². The molecule has 2 aromatic rings. The van der Waals surface area contributed by atoms with Gasteiger partial charge in [-0.05, 0) is 17.7 Å². The van der Waals surface area contributed by atoms with Gasteiger partial charge in [0.05, 0.1) is 7.11 Å². The molecule has 0 fully saturated rings. The zero-order valence-electron chi connectivity index (χ0n) is 13.8. The summed E-state index contributed by atoms with van der Waals surface area (Å²) in [6.45, 7) is 1.85. The van der Waals surface area contributed by atoms with E-state index in [1.54, 1.807) is 12.0 Å². The van der Waals surface area contributed by atoms with Crippen LogP contribution in [0, 0.1) is 0 Å². The highest BCUT2D eigenvalue weighted by Gasteiger charge is 2.36. The quantitative estimate of drug-likeness (QED) is 0.939. The Morgan fingerprint density at radius 1 is 1.17 bits per heavy atom. The van der Waals surface area contributed by atoms with Crippen molar-refractivity contribution >= 4 is 17.5 Å². The third-order valence-corrected chi connectivity index (χ3v) is 4.26. The lowest BCUT2D eigenvalue weighted by Gasteiger charge is -2.23. The van der Waals surface area contributed by atoms with Crippen molar-refractivity contribution in [3.05, 3.63) is 59.7 Å². The molecule has 2 amide bonds. The minimum absolute atomic E-state index is 0.127. The molecule has 1 unspecified atom stereocenters. The van der Waals surface area contributed by atoms with E-state index in [1.165, 1.54) is 6.92 Å². The second-order valence-electron chi connectivity index (χ2n) is 5.77. The minimum atomic E-state index is -0.505. The second-order valence-corrected chi connectivity index (χ2v) is 5.77. The number of nitrogens with zero attached hydrogens (tertiary/aromatic N) is 1. The molecular weight excluding hydrogens is 304 g/mol. The first kappa shape index (κ1) is 16.1. The van der Waals surface area contributed by atoms with Crippen molar-refractivity contribution in [1.82, 2.24) is 5.32 Å². The zero-order valence-corrected chi connectivity index (χ0v) is 13.8. The number of hydrogen-bond donors (Lipinski definition) is 1. The molecule has 1 heterocycles. The van der Waals surface area contributed by atoms with Gasteiger partial charge < -0.3 is 10.1 Å². The molecule has 0 spiro atoms. The highest BCUT2D eigenvalue weighted by atomic mass is 16.5. The second kappa shape index (κ2) is 6.74. The Bertz CT molecular complexity index is 773. The van der Waals surface area contributed by atoms with Crippen LogP contribution in [0.3, 0.4) is 0 Å². The average Bonchev–Trinajstić information content (AvgIpc) is 2.99. The molecule has 124 valence electrons. The van der Waals surface area contributed by atoms with E-state index in [0.29, 0.717) is 13.0 Å². The van der Waals surface area contributed by atoms with E-state index >= 15 is 0 Å². The summed E-state index contributed by atoms with van der Waals surface area (Å²) in [6.07, 6.45) is 0.535. The van der Waals surface area contributed by atoms with Gasteiger partial charge in [-0.15, -0.1) is 0 Å². The van der Waals surface area contributed by atoms with Crippen molar-refractivity contribution in [3.8, 4) is 5.75 Å². The third-order valence-electron chi connectivity index (χ3n) is 4.26.